The van der Waals surface area contributed by atoms with E-state index in [1.54, 1.807) is 0 Å². The van der Waals surface area contributed by atoms with Crippen LogP contribution in [0.2, 0.25) is 0 Å². The zero-order valence-corrected chi connectivity index (χ0v) is 10.6. The van der Waals surface area contributed by atoms with Gasteiger partial charge in [-0.2, -0.15) is 0 Å². The maximum absolute atomic E-state index is 2.50. The molecule has 0 nitrogen and oxygen atoms in total. The smallest absolute Gasteiger partial charge is 0.0358 e. The van der Waals surface area contributed by atoms with Crippen molar-refractivity contribution >= 4 is 0 Å². The first-order chi connectivity index (χ1) is 6.70. The zero-order valence-electron chi connectivity index (χ0n) is 10.6. The van der Waals surface area contributed by atoms with E-state index in [1.807, 2.05) is 0 Å². The van der Waals surface area contributed by atoms with Gasteiger partial charge >= 0.3 is 0 Å². The van der Waals surface area contributed by atoms with Crippen LogP contribution in [0.5, 0.6) is 0 Å². The fourth-order valence-electron chi connectivity index (χ4n) is 3.40. The molecule has 0 heterocycles. The first-order valence-corrected chi connectivity index (χ1v) is 6.70. The van der Waals surface area contributed by atoms with Crippen LogP contribution in [0.3, 0.4) is 0 Å². The Morgan fingerprint density at radius 2 is 1.86 bits per heavy atom. The monoisotopic (exact) mass is 196 g/mol. The Labute approximate surface area is 90.5 Å². The quantitative estimate of drug-likeness (QED) is 0.587. The summed E-state index contributed by atoms with van der Waals surface area (Å²) in [5.41, 5.74) is 0. The van der Waals surface area contributed by atoms with Crippen molar-refractivity contribution in [2.45, 2.75) is 66.2 Å². The summed E-state index contributed by atoms with van der Waals surface area (Å²) in [6, 6.07) is 0. The summed E-state index contributed by atoms with van der Waals surface area (Å²) in [4.78, 5) is 0. The molecule has 0 bridgehead atoms. The van der Waals surface area contributed by atoms with E-state index in [1.165, 1.54) is 38.5 Å². The van der Waals surface area contributed by atoms with Crippen molar-refractivity contribution < 1.29 is 0 Å². The van der Waals surface area contributed by atoms with Crippen LogP contribution in [0.25, 0.3) is 0 Å². The van der Waals surface area contributed by atoms with Crippen molar-refractivity contribution in [3.05, 3.63) is 0 Å². The summed E-state index contributed by atoms with van der Waals surface area (Å²) in [7, 11) is 0. The van der Waals surface area contributed by atoms with Gasteiger partial charge in [0, 0.05) is 0 Å². The molecule has 1 saturated carbocycles. The highest BCUT2D eigenvalue weighted by molar-refractivity contribution is 4.82. The third kappa shape index (κ3) is 2.74. The van der Waals surface area contributed by atoms with Gasteiger partial charge in [-0.05, 0) is 30.1 Å². The van der Waals surface area contributed by atoms with E-state index in [0.29, 0.717) is 0 Å². The molecule has 0 spiro atoms. The lowest BCUT2D eigenvalue weighted by atomic mass is 9.76. The molecule has 0 amide bonds. The molecular weight excluding hydrogens is 168 g/mol. The lowest BCUT2D eigenvalue weighted by molar-refractivity contribution is 0.199. The van der Waals surface area contributed by atoms with Gasteiger partial charge in [-0.15, -0.1) is 0 Å². The molecule has 0 saturated heterocycles. The van der Waals surface area contributed by atoms with Gasteiger partial charge in [0.05, 0.1) is 0 Å². The zero-order chi connectivity index (χ0) is 10.6. The Morgan fingerprint density at radius 3 is 2.43 bits per heavy atom. The predicted octanol–water partition coefficient (Wildman–Crippen LogP) is 4.89. The maximum Gasteiger partial charge on any atom is -0.0358 e. The van der Waals surface area contributed by atoms with Gasteiger partial charge in [-0.1, -0.05) is 59.8 Å². The van der Waals surface area contributed by atoms with Crippen LogP contribution in [0, 0.1) is 23.7 Å². The van der Waals surface area contributed by atoms with E-state index in [0.717, 1.165) is 23.7 Å². The molecule has 4 atom stereocenters. The third-order valence-electron chi connectivity index (χ3n) is 4.56. The summed E-state index contributed by atoms with van der Waals surface area (Å²) >= 11 is 0. The van der Waals surface area contributed by atoms with E-state index in [4.69, 9.17) is 0 Å². The summed E-state index contributed by atoms with van der Waals surface area (Å²) < 4.78 is 0. The third-order valence-corrected chi connectivity index (χ3v) is 4.56. The van der Waals surface area contributed by atoms with Crippen molar-refractivity contribution in [3.63, 3.8) is 0 Å². The number of hydrogen-bond acceptors (Lipinski definition) is 0. The normalized spacial score (nSPS) is 31.7. The molecular formula is C14H28. The van der Waals surface area contributed by atoms with Gasteiger partial charge < -0.3 is 0 Å². The van der Waals surface area contributed by atoms with Crippen molar-refractivity contribution in [3.8, 4) is 0 Å². The Morgan fingerprint density at radius 1 is 1.14 bits per heavy atom. The minimum Gasteiger partial charge on any atom is -0.0654 e. The standard InChI is InChI=1S/C14H28/c1-5-8-11(3)12(4)14-10-7-9-13(14)6-2/h11-14H,5-10H2,1-4H3. The van der Waals surface area contributed by atoms with Gasteiger partial charge in [0.2, 0.25) is 0 Å². The van der Waals surface area contributed by atoms with Crippen LogP contribution in [-0.4, -0.2) is 0 Å². The Kier molecular flexibility index (Phi) is 4.98. The fourth-order valence-corrected chi connectivity index (χ4v) is 3.40. The molecule has 1 aliphatic rings. The van der Waals surface area contributed by atoms with E-state index < -0.39 is 0 Å². The van der Waals surface area contributed by atoms with Crippen LogP contribution in [0.15, 0.2) is 0 Å². The highest BCUT2D eigenvalue weighted by Gasteiger charge is 2.32. The largest absolute Gasteiger partial charge is 0.0654 e. The Balaban J connectivity index is 2.45. The molecule has 1 rings (SSSR count). The summed E-state index contributed by atoms with van der Waals surface area (Å²) in [5.74, 6) is 3.99. The lowest BCUT2D eigenvalue weighted by Gasteiger charge is -2.30. The molecule has 84 valence electrons. The topological polar surface area (TPSA) is 0 Å². The molecule has 0 aliphatic heterocycles. The second-order valence-electron chi connectivity index (χ2n) is 5.39. The van der Waals surface area contributed by atoms with Gasteiger partial charge in [0.1, 0.15) is 0 Å². The van der Waals surface area contributed by atoms with Crippen molar-refractivity contribution in [2.75, 3.05) is 0 Å². The van der Waals surface area contributed by atoms with Crippen LogP contribution >= 0.6 is 0 Å². The molecule has 0 heteroatoms. The molecule has 0 radical (unpaired) electrons. The molecule has 4 unspecified atom stereocenters. The number of rotatable bonds is 5. The molecule has 0 aromatic heterocycles. The van der Waals surface area contributed by atoms with Crippen molar-refractivity contribution in [1.29, 1.82) is 0 Å². The fraction of sp³-hybridized carbons (Fsp3) is 1.00. The Bertz CT molecular complexity index is 150. The van der Waals surface area contributed by atoms with Crippen LogP contribution < -0.4 is 0 Å². The molecule has 1 aliphatic carbocycles. The van der Waals surface area contributed by atoms with E-state index in [-0.39, 0.29) is 0 Å². The highest BCUT2D eigenvalue weighted by Crippen LogP contribution is 2.42. The van der Waals surface area contributed by atoms with Gasteiger partial charge in [-0.3, -0.25) is 0 Å². The highest BCUT2D eigenvalue weighted by atomic mass is 14.4. The summed E-state index contributed by atoms with van der Waals surface area (Å²) in [6.45, 7) is 9.65. The van der Waals surface area contributed by atoms with Crippen LogP contribution in [0.4, 0.5) is 0 Å². The van der Waals surface area contributed by atoms with Gasteiger partial charge in [0.15, 0.2) is 0 Å². The second kappa shape index (κ2) is 5.78. The van der Waals surface area contributed by atoms with Crippen LogP contribution in [-0.2, 0) is 0 Å². The summed E-state index contributed by atoms with van der Waals surface area (Å²) in [5, 5.41) is 0. The predicted molar refractivity (Wildman–Crippen MR) is 64.4 cm³/mol. The van der Waals surface area contributed by atoms with Gasteiger partial charge in [0.25, 0.3) is 0 Å². The maximum atomic E-state index is 2.50. The van der Waals surface area contributed by atoms with Gasteiger partial charge in [-0.25, -0.2) is 0 Å². The SMILES string of the molecule is CCCC(C)C(C)C1CCCC1CC. The first-order valence-electron chi connectivity index (χ1n) is 6.70. The molecule has 14 heavy (non-hydrogen) atoms. The van der Waals surface area contributed by atoms with E-state index >= 15 is 0 Å². The Hall–Kier alpha value is 0. The minimum atomic E-state index is 0.942. The average Bonchev–Trinajstić information content (AvgIpc) is 2.64. The molecule has 1 fully saturated rings. The molecule has 0 N–H and O–H groups in total. The van der Waals surface area contributed by atoms with Crippen LogP contribution in [0.1, 0.15) is 66.2 Å². The van der Waals surface area contributed by atoms with Crippen molar-refractivity contribution in [2.24, 2.45) is 23.7 Å². The first kappa shape index (κ1) is 12.1. The van der Waals surface area contributed by atoms with E-state index in [2.05, 4.69) is 27.7 Å². The summed E-state index contributed by atoms with van der Waals surface area (Å²) in [6.07, 6.45) is 8.70. The molecule has 0 aromatic rings. The molecule has 0 aromatic carbocycles. The lowest BCUT2D eigenvalue weighted by Crippen LogP contribution is -2.22. The van der Waals surface area contributed by atoms with E-state index in [9.17, 15) is 0 Å². The average molecular weight is 196 g/mol. The number of hydrogen-bond donors (Lipinski definition) is 0. The van der Waals surface area contributed by atoms with Crippen molar-refractivity contribution in [1.82, 2.24) is 0 Å². The second-order valence-corrected chi connectivity index (χ2v) is 5.39. The minimum absolute atomic E-state index is 0.942.